The normalized spacial score (nSPS) is 9.53. The number of rotatable bonds is 4. The number of esters is 1. The summed E-state index contributed by atoms with van der Waals surface area (Å²) in [5.74, 6) is -1.14. The molecule has 0 aliphatic carbocycles. The average Bonchev–Trinajstić information content (AvgIpc) is 2.37. The largest absolute Gasteiger partial charge is 0.452 e. The molecule has 3 N–H and O–H groups in total. The first kappa shape index (κ1) is 14.5. The van der Waals surface area contributed by atoms with E-state index >= 15 is 0 Å². The number of nitrogens with two attached hydrogens (primary N) is 1. The Kier molecular flexibility index (Phi) is 4.89. The van der Waals surface area contributed by atoms with Crippen LogP contribution < -0.4 is 11.1 Å². The van der Waals surface area contributed by atoms with Crippen LogP contribution in [-0.2, 0) is 9.53 Å². The average molecular weight is 261 g/mol. The van der Waals surface area contributed by atoms with Crippen LogP contribution in [0.4, 0.5) is 5.69 Å². The van der Waals surface area contributed by atoms with Gasteiger partial charge in [0.25, 0.3) is 5.91 Å². The van der Waals surface area contributed by atoms with Gasteiger partial charge in [0.1, 0.15) is 6.54 Å². The summed E-state index contributed by atoms with van der Waals surface area (Å²) in [7, 11) is 0. The van der Waals surface area contributed by atoms with Crippen LogP contribution in [0.1, 0.15) is 21.5 Å². The number of benzene rings is 1. The number of nitrogens with one attached hydrogen (secondary N) is 1. The molecule has 100 valence electrons. The first-order valence-corrected chi connectivity index (χ1v) is 5.63. The fourth-order valence-electron chi connectivity index (χ4n) is 1.49. The molecule has 0 fully saturated rings. The van der Waals surface area contributed by atoms with Crippen LogP contribution in [0.3, 0.4) is 0 Å². The van der Waals surface area contributed by atoms with E-state index in [9.17, 15) is 9.59 Å². The van der Waals surface area contributed by atoms with Crippen LogP contribution in [0.15, 0.2) is 12.1 Å². The van der Waals surface area contributed by atoms with Gasteiger partial charge in [0.2, 0.25) is 0 Å². The molecule has 0 spiro atoms. The van der Waals surface area contributed by atoms with Crippen LogP contribution in [-0.4, -0.2) is 25.0 Å². The molecule has 0 aromatic heterocycles. The van der Waals surface area contributed by atoms with Crippen molar-refractivity contribution in [2.75, 3.05) is 18.9 Å². The van der Waals surface area contributed by atoms with E-state index in [1.807, 2.05) is 6.92 Å². The first-order chi connectivity index (χ1) is 8.95. The Morgan fingerprint density at radius 2 is 2.05 bits per heavy atom. The minimum atomic E-state index is -0.615. The molecule has 1 rings (SSSR count). The van der Waals surface area contributed by atoms with Gasteiger partial charge in [-0.1, -0.05) is 6.07 Å². The predicted octanol–water partition coefficient (Wildman–Crippen LogP) is 0.682. The van der Waals surface area contributed by atoms with E-state index in [0.29, 0.717) is 11.3 Å². The number of nitrogen functional groups attached to an aromatic ring is 1. The molecule has 0 aliphatic heterocycles. The van der Waals surface area contributed by atoms with Gasteiger partial charge in [-0.15, -0.1) is 0 Å². The third-order valence-electron chi connectivity index (χ3n) is 2.53. The minimum Gasteiger partial charge on any atom is -0.452 e. The third kappa shape index (κ3) is 4.00. The molecule has 1 aromatic carbocycles. The lowest BCUT2D eigenvalue weighted by molar-refractivity contribution is -0.123. The van der Waals surface area contributed by atoms with E-state index in [-0.39, 0.29) is 6.54 Å². The van der Waals surface area contributed by atoms with Crippen molar-refractivity contribution in [1.29, 1.82) is 5.26 Å². The van der Waals surface area contributed by atoms with E-state index in [2.05, 4.69) is 5.32 Å². The molecule has 19 heavy (non-hydrogen) atoms. The number of hydrogen-bond donors (Lipinski definition) is 2. The zero-order valence-corrected chi connectivity index (χ0v) is 10.8. The molecule has 0 saturated heterocycles. The van der Waals surface area contributed by atoms with Gasteiger partial charge in [-0.25, -0.2) is 4.79 Å². The van der Waals surface area contributed by atoms with E-state index in [1.165, 1.54) is 6.07 Å². The van der Waals surface area contributed by atoms with Gasteiger partial charge in [0.05, 0.1) is 11.6 Å². The lowest BCUT2D eigenvalue weighted by atomic mass is 10.0. The van der Waals surface area contributed by atoms with Crippen molar-refractivity contribution in [1.82, 2.24) is 5.32 Å². The molecule has 0 heterocycles. The van der Waals surface area contributed by atoms with E-state index < -0.39 is 18.5 Å². The van der Waals surface area contributed by atoms with Crippen molar-refractivity contribution in [2.45, 2.75) is 13.8 Å². The summed E-state index contributed by atoms with van der Waals surface area (Å²) in [4.78, 5) is 23.0. The fourth-order valence-corrected chi connectivity index (χ4v) is 1.49. The van der Waals surface area contributed by atoms with Crippen molar-refractivity contribution in [3.8, 4) is 6.07 Å². The Bertz CT molecular complexity index is 547. The molecule has 1 aromatic rings. The summed E-state index contributed by atoms with van der Waals surface area (Å²) in [6.45, 7) is 3.06. The molecule has 6 heteroatoms. The van der Waals surface area contributed by atoms with Gasteiger partial charge in [-0.3, -0.25) is 4.79 Å². The van der Waals surface area contributed by atoms with Gasteiger partial charge >= 0.3 is 5.97 Å². The van der Waals surface area contributed by atoms with Crippen molar-refractivity contribution in [3.63, 3.8) is 0 Å². The third-order valence-corrected chi connectivity index (χ3v) is 2.53. The Balaban J connectivity index is 2.67. The molecule has 0 bridgehead atoms. The summed E-state index contributed by atoms with van der Waals surface area (Å²) in [6.07, 6.45) is 0. The molecule has 0 aliphatic rings. The summed E-state index contributed by atoms with van der Waals surface area (Å²) in [5.41, 5.74) is 8.15. The van der Waals surface area contributed by atoms with E-state index in [1.54, 1.807) is 19.1 Å². The number of aryl methyl sites for hydroxylation is 2. The van der Waals surface area contributed by atoms with Crippen molar-refractivity contribution >= 4 is 17.6 Å². The van der Waals surface area contributed by atoms with Gasteiger partial charge in [0, 0.05) is 5.69 Å². The number of amides is 1. The summed E-state index contributed by atoms with van der Waals surface area (Å²) in [6, 6.07) is 5.06. The maximum Gasteiger partial charge on any atom is 0.338 e. The molecule has 0 saturated carbocycles. The lowest BCUT2D eigenvalue weighted by Crippen LogP contribution is -2.29. The van der Waals surface area contributed by atoms with E-state index in [4.69, 9.17) is 15.7 Å². The van der Waals surface area contributed by atoms with Crippen LogP contribution in [0, 0.1) is 25.2 Å². The van der Waals surface area contributed by atoms with Gasteiger partial charge in [-0.05, 0) is 31.0 Å². The molecular weight excluding hydrogens is 246 g/mol. The molecule has 6 nitrogen and oxygen atoms in total. The quantitative estimate of drug-likeness (QED) is 0.471. The number of carbonyl (C=O) groups excluding carboxylic acids is 2. The standard InChI is InChI=1S/C13H15N3O3/c1-8-5-9(2)11(15)6-10(8)13(18)19-7-12(17)16-4-3-14/h5-6H,4,7,15H2,1-2H3,(H,16,17). The lowest BCUT2D eigenvalue weighted by Gasteiger charge is -2.09. The second kappa shape index (κ2) is 6.40. The van der Waals surface area contributed by atoms with E-state index in [0.717, 1.165) is 11.1 Å². The van der Waals surface area contributed by atoms with Crippen molar-refractivity contribution in [2.24, 2.45) is 0 Å². The summed E-state index contributed by atoms with van der Waals surface area (Å²) < 4.78 is 4.85. The molecule has 0 unspecified atom stereocenters. The van der Waals surface area contributed by atoms with Gasteiger partial charge in [-0.2, -0.15) is 5.26 Å². The highest BCUT2D eigenvalue weighted by Gasteiger charge is 2.14. The van der Waals surface area contributed by atoms with Crippen LogP contribution in [0.2, 0.25) is 0 Å². The Labute approximate surface area is 111 Å². The smallest absolute Gasteiger partial charge is 0.338 e. The Morgan fingerprint density at radius 1 is 1.37 bits per heavy atom. The molecule has 1 amide bonds. The van der Waals surface area contributed by atoms with Crippen LogP contribution >= 0.6 is 0 Å². The van der Waals surface area contributed by atoms with Gasteiger partial charge < -0.3 is 15.8 Å². The number of nitriles is 1. The number of anilines is 1. The number of nitrogens with zero attached hydrogens (tertiary/aromatic N) is 1. The first-order valence-electron chi connectivity index (χ1n) is 5.63. The topological polar surface area (TPSA) is 105 Å². The Hall–Kier alpha value is -2.55. The highest BCUT2D eigenvalue weighted by Crippen LogP contribution is 2.18. The minimum absolute atomic E-state index is 0.118. The summed E-state index contributed by atoms with van der Waals surface area (Å²) >= 11 is 0. The SMILES string of the molecule is Cc1cc(C)c(C(=O)OCC(=O)NCC#N)cc1N. The number of hydrogen-bond acceptors (Lipinski definition) is 5. The molecule has 0 atom stereocenters. The second-order valence-corrected chi connectivity index (χ2v) is 4.03. The number of carbonyl (C=O) groups is 2. The maximum absolute atomic E-state index is 11.8. The van der Waals surface area contributed by atoms with Gasteiger partial charge in [0.15, 0.2) is 6.61 Å². The highest BCUT2D eigenvalue weighted by atomic mass is 16.5. The fraction of sp³-hybridized carbons (Fsp3) is 0.308. The predicted molar refractivity (Wildman–Crippen MR) is 69.2 cm³/mol. The van der Waals surface area contributed by atoms with Crippen molar-refractivity contribution in [3.05, 3.63) is 28.8 Å². The summed E-state index contributed by atoms with van der Waals surface area (Å²) in [5, 5.41) is 10.5. The van der Waals surface area contributed by atoms with Crippen LogP contribution in [0.25, 0.3) is 0 Å². The maximum atomic E-state index is 11.8. The Morgan fingerprint density at radius 3 is 2.68 bits per heavy atom. The molecule has 0 radical (unpaired) electrons. The zero-order chi connectivity index (χ0) is 14.4. The zero-order valence-electron chi connectivity index (χ0n) is 10.8. The van der Waals surface area contributed by atoms with Crippen LogP contribution in [0.5, 0.6) is 0 Å². The monoisotopic (exact) mass is 261 g/mol. The molecular formula is C13H15N3O3. The van der Waals surface area contributed by atoms with Crippen molar-refractivity contribution < 1.29 is 14.3 Å². The number of ether oxygens (including phenoxy) is 1. The highest BCUT2D eigenvalue weighted by molar-refractivity contribution is 5.93. The second-order valence-electron chi connectivity index (χ2n) is 4.03.